The first-order valence-electron chi connectivity index (χ1n) is 9.68. The van der Waals surface area contributed by atoms with Crippen molar-refractivity contribution >= 4 is 5.91 Å². The van der Waals surface area contributed by atoms with Crippen LogP contribution in [0.2, 0.25) is 0 Å². The molecule has 6 nitrogen and oxygen atoms in total. The van der Waals surface area contributed by atoms with Crippen molar-refractivity contribution in [1.29, 1.82) is 0 Å². The Kier molecular flexibility index (Phi) is 5.19. The number of nitrogens with zero attached hydrogens (tertiary/aromatic N) is 3. The highest BCUT2D eigenvalue weighted by atomic mass is 16.5. The van der Waals surface area contributed by atoms with Gasteiger partial charge in [-0.05, 0) is 56.0 Å². The summed E-state index contributed by atoms with van der Waals surface area (Å²) in [7, 11) is 1.98. The largest absolute Gasteiger partial charge is 0.481 e. The number of aryl methyl sites for hydroxylation is 1. The zero-order chi connectivity index (χ0) is 19.5. The van der Waals surface area contributed by atoms with Crippen LogP contribution in [0.5, 0.6) is 5.75 Å². The van der Waals surface area contributed by atoms with Crippen molar-refractivity contribution < 1.29 is 13.9 Å². The lowest BCUT2D eigenvalue weighted by atomic mass is 10.2. The first-order chi connectivity index (χ1) is 13.6. The lowest BCUT2D eigenvalue weighted by Gasteiger charge is -2.25. The van der Waals surface area contributed by atoms with E-state index in [1.54, 1.807) is 18.1 Å². The predicted octanol–water partition coefficient (Wildman–Crippen LogP) is 3.50. The van der Waals surface area contributed by atoms with Gasteiger partial charge in [-0.25, -0.2) is 0 Å². The summed E-state index contributed by atoms with van der Waals surface area (Å²) in [6, 6.07) is 13.1. The monoisotopic (exact) mass is 379 g/mol. The molecule has 2 aromatic heterocycles. The third kappa shape index (κ3) is 3.81. The van der Waals surface area contributed by atoms with Gasteiger partial charge in [-0.15, -0.1) is 0 Å². The summed E-state index contributed by atoms with van der Waals surface area (Å²) < 4.78 is 13.3. The van der Waals surface area contributed by atoms with Gasteiger partial charge >= 0.3 is 0 Å². The minimum absolute atomic E-state index is 0.0855. The van der Waals surface area contributed by atoms with Crippen LogP contribution in [-0.4, -0.2) is 26.7 Å². The Hall–Kier alpha value is -3.02. The molecule has 3 aromatic rings. The van der Waals surface area contributed by atoms with Crippen LogP contribution >= 0.6 is 0 Å². The second-order valence-corrected chi connectivity index (χ2v) is 7.20. The van der Waals surface area contributed by atoms with E-state index in [0.717, 1.165) is 30.7 Å². The highest BCUT2D eigenvalue weighted by molar-refractivity contribution is 5.80. The third-order valence-corrected chi connectivity index (χ3v) is 5.18. The lowest BCUT2D eigenvalue weighted by molar-refractivity contribution is -0.139. The molecule has 146 valence electrons. The van der Waals surface area contributed by atoms with Gasteiger partial charge in [-0.1, -0.05) is 18.2 Å². The van der Waals surface area contributed by atoms with Gasteiger partial charge < -0.3 is 14.1 Å². The molecular formula is C22H25N3O3. The number of ether oxygens (including phenoxy) is 1. The predicted molar refractivity (Wildman–Crippen MR) is 105 cm³/mol. The average Bonchev–Trinajstić information content (AvgIpc) is 3.43. The fourth-order valence-electron chi connectivity index (χ4n) is 3.82. The Labute approximate surface area is 164 Å². The number of furan rings is 1. The standard InChI is InChI=1S/C22H25N3O3/c1-16(28-17-8-4-3-5-9-17)22(26)25(14-18-10-7-13-27-18)15-20-19-11-6-12-21(19)24(2)23-20/h3-5,7-10,13,16H,6,11-12,14-15H2,1-2H3. The summed E-state index contributed by atoms with van der Waals surface area (Å²) in [6.45, 7) is 2.62. The SMILES string of the molecule is CC(Oc1ccccc1)C(=O)N(Cc1ccco1)Cc1nn(C)c2c1CCC2. The van der Waals surface area contributed by atoms with E-state index in [1.807, 2.05) is 54.2 Å². The first-order valence-corrected chi connectivity index (χ1v) is 9.68. The topological polar surface area (TPSA) is 60.5 Å². The number of benzene rings is 1. The molecule has 1 amide bonds. The van der Waals surface area contributed by atoms with Crippen molar-refractivity contribution in [2.75, 3.05) is 0 Å². The molecule has 4 rings (SSSR count). The summed E-state index contributed by atoms with van der Waals surface area (Å²) >= 11 is 0. The Bertz CT molecular complexity index is 932. The average molecular weight is 379 g/mol. The van der Waals surface area contributed by atoms with Crippen LogP contribution in [0.4, 0.5) is 0 Å². The molecule has 0 bridgehead atoms. The zero-order valence-corrected chi connectivity index (χ0v) is 16.3. The van der Waals surface area contributed by atoms with Crippen molar-refractivity contribution in [2.45, 2.75) is 45.4 Å². The third-order valence-electron chi connectivity index (χ3n) is 5.18. The van der Waals surface area contributed by atoms with Crippen LogP contribution in [-0.2, 0) is 37.8 Å². The van der Waals surface area contributed by atoms with Crippen LogP contribution in [0.25, 0.3) is 0 Å². The summed E-state index contributed by atoms with van der Waals surface area (Å²) in [4.78, 5) is 15.0. The molecule has 0 fully saturated rings. The van der Waals surface area contributed by atoms with Crippen molar-refractivity contribution in [2.24, 2.45) is 7.05 Å². The maximum atomic E-state index is 13.2. The van der Waals surface area contributed by atoms with Crippen LogP contribution in [0.3, 0.4) is 0 Å². The van der Waals surface area contributed by atoms with Gasteiger partial charge in [-0.2, -0.15) is 5.10 Å². The number of aromatic nitrogens is 2. The van der Waals surface area contributed by atoms with Crippen LogP contribution < -0.4 is 4.74 Å². The van der Waals surface area contributed by atoms with E-state index in [1.165, 1.54) is 11.3 Å². The molecule has 6 heteroatoms. The lowest BCUT2D eigenvalue weighted by Crippen LogP contribution is -2.40. The quantitative estimate of drug-likeness (QED) is 0.630. The molecule has 0 aliphatic heterocycles. The van der Waals surface area contributed by atoms with Crippen molar-refractivity contribution in [3.8, 4) is 5.75 Å². The molecule has 0 saturated heterocycles. The summed E-state index contributed by atoms with van der Waals surface area (Å²) in [5.74, 6) is 1.34. The second-order valence-electron chi connectivity index (χ2n) is 7.20. The minimum Gasteiger partial charge on any atom is -0.481 e. The molecule has 28 heavy (non-hydrogen) atoms. The molecular weight excluding hydrogens is 354 g/mol. The van der Waals surface area contributed by atoms with Gasteiger partial charge in [0.1, 0.15) is 11.5 Å². The van der Waals surface area contributed by atoms with Gasteiger partial charge in [-0.3, -0.25) is 9.48 Å². The van der Waals surface area contributed by atoms with E-state index in [4.69, 9.17) is 9.15 Å². The number of para-hydroxylation sites is 1. The second kappa shape index (κ2) is 7.92. The maximum Gasteiger partial charge on any atom is 0.264 e. The maximum absolute atomic E-state index is 13.2. The number of amides is 1. The molecule has 1 aliphatic rings. The molecule has 2 heterocycles. The molecule has 1 unspecified atom stereocenters. The van der Waals surface area contributed by atoms with Crippen molar-refractivity contribution in [3.05, 3.63) is 71.4 Å². The summed E-state index contributed by atoms with van der Waals surface area (Å²) in [5, 5.41) is 4.68. The molecule has 0 N–H and O–H groups in total. The summed E-state index contributed by atoms with van der Waals surface area (Å²) in [5.41, 5.74) is 3.55. The zero-order valence-electron chi connectivity index (χ0n) is 16.3. The van der Waals surface area contributed by atoms with E-state index < -0.39 is 6.10 Å². The highest BCUT2D eigenvalue weighted by Gasteiger charge is 2.27. The number of fused-ring (bicyclic) bond motifs is 1. The smallest absolute Gasteiger partial charge is 0.264 e. The molecule has 0 saturated carbocycles. The van der Waals surface area contributed by atoms with Crippen molar-refractivity contribution in [3.63, 3.8) is 0 Å². The van der Waals surface area contributed by atoms with E-state index in [-0.39, 0.29) is 5.91 Å². The van der Waals surface area contributed by atoms with Crippen LogP contribution in [0.15, 0.2) is 53.1 Å². The number of carbonyl (C=O) groups excluding carboxylic acids is 1. The molecule has 1 aliphatic carbocycles. The molecule has 0 spiro atoms. The van der Waals surface area contributed by atoms with Gasteiger partial charge in [0.05, 0.1) is 25.0 Å². The number of rotatable bonds is 7. The van der Waals surface area contributed by atoms with Gasteiger partial charge in [0, 0.05) is 12.7 Å². The van der Waals surface area contributed by atoms with Crippen molar-refractivity contribution in [1.82, 2.24) is 14.7 Å². The molecule has 1 atom stereocenters. The van der Waals surface area contributed by atoms with Gasteiger partial charge in [0.2, 0.25) is 0 Å². The number of carbonyl (C=O) groups is 1. The van der Waals surface area contributed by atoms with Gasteiger partial charge in [0.15, 0.2) is 6.10 Å². The fourth-order valence-corrected chi connectivity index (χ4v) is 3.82. The fraction of sp³-hybridized carbons (Fsp3) is 0.364. The Balaban J connectivity index is 1.54. The molecule has 0 radical (unpaired) electrons. The first kappa shape index (κ1) is 18.3. The van der Waals surface area contributed by atoms with E-state index in [2.05, 4.69) is 5.10 Å². The van der Waals surface area contributed by atoms with Crippen LogP contribution in [0, 0.1) is 0 Å². The highest BCUT2D eigenvalue weighted by Crippen LogP contribution is 2.26. The van der Waals surface area contributed by atoms with Crippen LogP contribution in [0.1, 0.15) is 36.1 Å². The Morgan fingerprint density at radius 2 is 2.04 bits per heavy atom. The minimum atomic E-state index is -0.603. The van der Waals surface area contributed by atoms with Gasteiger partial charge in [0.25, 0.3) is 5.91 Å². The van der Waals surface area contributed by atoms with E-state index >= 15 is 0 Å². The Morgan fingerprint density at radius 3 is 2.79 bits per heavy atom. The van der Waals surface area contributed by atoms with E-state index in [0.29, 0.717) is 18.8 Å². The van der Waals surface area contributed by atoms with E-state index in [9.17, 15) is 4.79 Å². The normalized spacial score (nSPS) is 13.9. The number of hydrogen-bond donors (Lipinski definition) is 0. The Morgan fingerprint density at radius 1 is 1.21 bits per heavy atom. The number of hydrogen-bond acceptors (Lipinski definition) is 4. The summed E-state index contributed by atoms with van der Waals surface area (Å²) in [6.07, 6.45) is 4.25. The molecule has 1 aromatic carbocycles.